The van der Waals surface area contributed by atoms with Gasteiger partial charge in [0, 0.05) is 23.3 Å². The van der Waals surface area contributed by atoms with Crippen LogP contribution >= 0.6 is 11.6 Å². The smallest absolute Gasteiger partial charge is 0.246 e. The van der Waals surface area contributed by atoms with Gasteiger partial charge in [-0.05, 0) is 61.1 Å². The Kier molecular flexibility index (Phi) is 6.76. The van der Waals surface area contributed by atoms with Gasteiger partial charge in [0.2, 0.25) is 17.7 Å². The maximum atomic E-state index is 14.2. The van der Waals surface area contributed by atoms with Crippen LogP contribution in [0, 0.1) is 24.7 Å². The van der Waals surface area contributed by atoms with E-state index >= 15 is 0 Å². The molecule has 7 nitrogen and oxygen atoms in total. The van der Waals surface area contributed by atoms with Crippen molar-refractivity contribution in [3.63, 3.8) is 0 Å². The predicted molar refractivity (Wildman–Crippen MR) is 149 cm³/mol. The number of halogens is 1. The fraction of sp³-hybridized carbons (Fsp3) is 0.452. The van der Waals surface area contributed by atoms with Gasteiger partial charge in [0.1, 0.15) is 11.6 Å². The highest BCUT2D eigenvalue weighted by molar-refractivity contribution is 6.30. The number of likely N-dealkylation sites (tertiary alicyclic amines) is 1. The van der Waals surface area contributed by atoms with E-state index in [0.29, 0.717) is 16.6 Å². The normalized spacial score (nSPS) is 32.8. The molecule has 7 atom stereocenters. The number of benzene rings is 2. The molecule has 3 amide bonds. The van der Waals surface area contributed by atoms with E-state index in [1.165, 1.54) is 0 Å². The number of fused-ring (bicyclic) bond motifs is 1. The topological polar surface area (TPSA) is 87.7 Å². The van der Waals surface area contributed by atoms with Crippen LogP contribution in [-0.4, -0.2) is 46.4 Å². The summed E-state index contributed by atoms with van der Waals surface area (Å²) in [5.74, 6) is -1.89. The molecule has 0 aromatic heterocycles. The minimum Gasteiger partial charge on any atom is -0.359 e. The summed E-state index contributed by atoms with van der Waals surface area (Å²) in [6, 6.07) is 14.0. The monoisotopic (exact) mass is 547 g/mol. The maximum absolute atomic E-state index is 14.2. The van der Waals surface area contributed by atoms with Crippen molar-refractivity contribution in [1.82, 2.24) is 10.2 Å². The third kappa shape index (κ3) is 4.55. The molecule has 3 heterocycles. The maximum Gasteiger partial charge on any atom is 0.246 e. The molecule has 8 heteroatoms. The lowest BCUT2D eigenvalue weighted by Gasteiger charge is -2.36. The molecule has 3 fully saturated rings. The summed E-state index contributed by atoms with van der Waals surface area (Å²) in [6.07, 6.45) is 7.35. The Balaban J connectivity index is 1.33. The van der Waals surface area contributed by atoms with Gasteiger partial charge < -0.3 is 20.3 Å². The first-order valence-corrected chi connectivity index (χ1v) is 14.2. The van der Waals surface area contributed by atoms with Gasteiger partial charge in [-0.25, -0.2) is 0 Å². The van der Waals surface area contributed by atoms with Crippen molar-refractivity contribution in [2.45, 2.75) is 69.9 Å². The first kappa shape index (κ1) is 26.1. The van der Waals surface area contributed by atoms with Crippen molar-refractivity contribution in [3.8, 4) is 0 Å². The lowest BCUT2D eigenvalue weighted by Crippen LogP contribution is -2.57. The molecule has 0 radical (unpaired) electrons. The average Bonchev–Trinajstić information content (AvgIpc) is 3.54. The van der Waals surface area contributed by atoms with Gasteiger partial charge in [-0.1, -0.05) is 67.8 Å². The minimum atomic E-state index is -1.19. The van der Waals surface area contributed by atoms with Crippen LogP contribution in [0.4, 0.5) is 5.69 Å². The Morgan fingerprint density at radius 1 is 1.10 bits per heavy atom. The fourth-order valence-corrected chi connectivity index (χ4v) is 7.09. The second-order valence-electron chi connectivity index (χ2n) is 11.5. The highest BCUT2D eigenvalue weighted by atomic mass is 35.5. The number of hydrogen-bond donors (Lipinski definition) is 2. The number of hydrogen-bond acceptors (Lipinski definition) is 4. The quantitative estimate of drug-likeness (QED) is 0.516. The Bertz CT molecular complexity index is 1330. The molecule has 1 saturated carbocycles. The van der Waals surface area contributed by atoms with Crippen LogP contribution in [0.1, 0.15) is 43.7 Å². The Hall–Kier alpha value is -3.16. The van der Waals surface area contributed by atoms with E-state index < -0.39 is 29.6 Å². The Labute approximate surface area is 233 Å². The molecular formula is C31H34ClN3O4. The lowest BCUT2D eigenvalue weighted by atomic mass is 9.74. The molecule has 2 aromatic rings. The third-order valence-electron chi connectivity index (χ3n) is 8.92. The van der Waals surface area contributed by atoms with Crippen LogP contribution in [0.25, 0.3) is 0 Å². The molecule has 5 unspecified atom stereocenters. The van der Waals surface area contributed by atoms with Gasteiger partial charge in [-0.15, -0.1) is 0 Å². The number of carbonyl (C=O) groups is 3. The van der Waals surface area contributed by atoms with Crippen LogP contribution in [0.5, 0.6) is 0 Å². The number of nitrogens with one attached hydrogen (secondary N) is 2. The van der Waals surface area contributed by atoms with Crippen LogP contribution in [0.15, 0.2) is 60.7 Å². The molecule has 3 aliphatic heterocycles. The van der Waals surface area contributed by atoms with Crippen molar-refractivity contribution < 1.29 is 19.1 Å². The molecule has 2 saturated heterocycles. The van der Waals surface area contributed by atoms with Crippen molar-refractivity contribution in [3.05, 3.63) is 76.8 Å². The molecule has 2 N–H and O–H groups in total. The summed E-state index contributed by atoms with van der Waals surface area (Å²) in [7, 11) is 0. The van der Waals surface area contributed by atoms with Crippen LogP contribution in [-0.2, 0) is 25.7 Å². The number of rotatable bonds is 6. The first-order valence-electron chi connectivity index (χ1n) is 13.9. The highest BCUT2D eigenvalue weighted by Gasteiger charge is 2.72. The van der Waals surface area contributed by atoms with Gasteiger partial charge >= 0.3 is 0 Å². The third-order valence-corrected chi connectivity index (χ3v) is 9.17. The summed E-state index contributed by atoms with van der Waals surface area (Å²) in [6.45, 7) is 4.35. The molecule has 2 aromatic carbocycles. The number of amides is 3. The highest BCUT2D eigenvalue weighted by Crippen LogP contribution is 2.55. The van der Waals surface area contributed by atoms with Crippen LogP contribution in [0.3, 0.4) is 0 Å². The van der Waals surface area contributed by atoms with Gasteiger partial charge in [-0.2, -0.15) is 0 Å². The van der Waals surface area contributed by atoms with E-state index in [4.69, 9.17) is 16.3 Å². The zero-order valence-electron chi connectivity index (χ0n) is 22.2. The van der Waals surface area contributed by atoms with E-state index in [2.05, 4.69) is 17.6 Å². The molecule has 1 spiro atoms. The molecule has 1 aliphatic carbocycles. The largest absolute Gasteiger partial charge is 0.359 e. The second kappa shape index (κ2) is 10.1. The molecule has 204 valence electrons. The van der Waals surface area contributed by atoms with E-state index in [9.17, 15) is 14.4 Å². The summed E-state index contributed by atoms with van der Waals surface area (Å²) >= 11 is 6.10. The fourth-order valence-electron chi connectivity index (χ4n) is 6.97. The van der Waals surface area contributed by atoms with Crippen molar-refractivity contribution in [2.24, 2.45) is 17.8 Å². The lowest BCUT2D eigenvalue weighted by molar-refractivity contribution is -0.142. The average molecular weight is 548 g/mol. The predicted octanol–water partition coefficient (Wildman–Crippen LogP) is 4.63. The summed E-state index contributed by atoms with van der Waals surface area (Å²) in [5.41, 5.74) is 1.36. The molecular weight excluding hydrogens is 514 g/mol. The first-order chi connectivity index (χ1) is 18.8. The van der Waals surface area contributed by atoms with Gasteiger partial charge in [0.15, 0.2) is 0 Å². The SMILES string of the molecule is Cc1cccc(NC(=O)C2[C@H]3C=CC4(O3)C(C(=O)NC3CCCCC3C)N(Cc3ccc(Cl)cc3)C(=O)[C@@H]24)c1. The van der Waals surface area contributed by atoms with E-state index in [1.54, 1.807) is 17.0 Å². The minimum absolute atomic E-state index is 0.0529. The zero-order valence-corrected chi connectivity index (χ0v) is 23.0. The van der Waals surface area contributed by atoms with Gasteiger partial charge in [0.25, 0.3) is 0 Å². The molecule has 2 bridgehead atoms. The number of aryl methyl sites for hydroxylation is 1. The van der Waals surface area contributed by atoms with Crippen molar-refractivity contribution >= 4 is 35.0 Å². The number of anilines is 1. The van der Waals surface area contributed by atoms with Crippen molar-refractivity contribution in [1.29, 1.82) is 0 Å². The molecule has 39 heavy (non-hydrogen) atoms. The number of ether oxygens (including phenoxy) is 1. The zero-order chi connectivity index (χ0) is 27.3. The second-order valence-corrected chi connectivity index (χ2v) is 12.0. The van der Waals surface area contributed by atoms with E-state index in [1.807, 2.05) is 55.5 Å². The van der Waals surface area contributed by atoms with Gasteiger partial charge in [-0.3, -0.25) is 14.4 Å². The number of carbonyl (C=O) groups excluding carboxylic acids is 3. The summed E-state index contributed by atoms with van der Waals surface area (Å²) in [5, 5.41) is 6.85. The van der Waals surface area contributed by atoms with Crippen LogP contribution < -0.4 is 10.6 Å². The Morgan fingerprint density at radius 2 is 1.87 bits per heavy atom. The summed E-state index contributed by atoms with van der Waals surface area (Å²) in [4.78, 5) is 43.4. The Morgan fingerprint density at radius 3 is 2.62 bits per heavy atom. The molecule has 4 aliphatic rings. The van der Waals surface area contributed by atoms with E-state index in [0.717, 1.165) is 36.8 Å². The van der Waals surface area contributed by atoms with Gasteiger partial charge in [0.05, 0.1) is 17.9 Å². The summed E-state index contributed by atoms with van der Waals surface area (Å²) < 4.78 is 6.47. The van der Waals surface area contributed by atoms with E-state index in [-0.39, 0.29) is 30.3 Å². The number of nitrogens with zero attached hydrogens (tertiary/aromatic N) is 1. The standard InChI is InChI=1S/C31H34ClN3O4/c1-18-6-5-8-22(16-18)33-28(36)25-24-14-15-31(39-24)26(25)30(38)35(17-20-10-12-21(32)13-11-20)27(31)29(37)34-23-9-4-3-7-19(23)2/h5-6,8,10-16,19,23-27H,3-4,7,9,17H2,1-2H3,(H,33,36)(H,34,37)/t19?,23?,24-,25?,26-,27?,31?/m1/s1. The van der Waals surface area contributed by atoms with Crippen molar-refractivity contribution in [2.75, 3.05) is 5.32 Å². The molecule has 6 rings (SSSR count). The van der Waals surface area contributed by atoms with Crippen LogP contribution in [0.2, 0.25) is 5.02 Å².